The molecule has 118 valence electrons. The van der Waals surface area contributed by atoms with Crippen LogP contribution in [0.5, 0.6) is 0 Å². The number of hydrogen-bond donors (Lipinski definition) is 0. The third-order valence-corrected chi connectivity index (χ3v) is 4.77. The predicted molar refractivity (Wildman–Crippen MR) is 90.5 cm³/mol. The smallest absolute Gasteiger partial charge is 0.101 e. The van der Waals surface area contributed by atoms with Crippen LogP contribution in [0.2, 0.25) is 0 Å². The average molecular weight is 297 g/mol. The van der Waals surface area contributed by atoms with E-state index >= 15 is 0 Å². The molecule has 2 rings (SSSR count). The highest BCUT2D eigenvalue weighted by atomic mass is 16.5. The Bertz CT molecular complexity index is 504. The molecular weight excluding hydrogens is 270 g/mol. The van der Waals surface area contributed by atoms with Gasteiger partial charge in [-0.05, 0) is 68.6 Å². The minimum Gasteiger partial charge on any atom is -0.498 e. The quantitative estimate of drug-likeness (QED) is 0.645. The fourth-order valence-corrected chi connectivity index (χ4v) is 3.53. The van der Waals surface area contributed by atoms with Crippen molar-refractivity contribution in [2.24, 2.45) is 5.92 Å². The normalized spacial score (nSPS) is 23.1. The van der Waals surface area contributed by atoms with Crippen LogP contribution in [0.25, 0.3) is 0 Å². The second-order valence-corrected chi connectivity index (χ2v) is 6.28. The number of hydrogen-bond acceptors (Lipinski definition) is 2. The SMILES string of the molecule is C/C=C/OC(CCC)C1CCC(c2ccc(C#N)cc2)CC1. The Morgan fingerprint density at radius 2 is 1.91 bits per heavy atom. The summed E-state index contributed by atoms with van der Waals surface area (Å²) in [5.74, 6) is 1.33. The Kier molecular flexibility index (Phi) is 6.52. The molecule has 2 heteroatoms. The van der Waals surface area contributed by atoms with Crippen LogP contribution in [-0.4, -0.2) is 6.10 Å². The van der Waals surface area contributed by atoms with Crippen molar-refractivity contribution in [3.8, 4) is 6.07 Å². The predicted octanol–water partition coefficient (Wildman–Crippen LogP) is 5.55. The maximum atomic E-state index is 8.89. The number of rotatable bonds is 6. The molecule has 1 atom stereocenters. The van der Waals surface area contributed by atoms with E-state index in [1.54, 1.807) is 0 Å². The molecule has 0 saturated heterocycles. The average Bonchev–Trinajstić information content (AvgIpc) is 2.59. The Morgan fingerprint density at radius 3 is 2.45 bits per heavy atom. The molecule has 0 heterocycles. The van der Waals surface area contributed by atoms with Gasteiger partial charge in [-0.2, -0.15) is 5.26 Å². The number of allylic oxidation sites excluding steroid dienone is 1. The molecule has 1 aromatic carbocycles. The maximum Gasteiger partial charge on any atom is 0.101 e. The zero-order valence-corrected chi connectivity index (χ0v) is 13.8. The molecule has 1 aromatic rings. The summed E-state index contributed by atoms with van der Waals surface area (Å²) in [6, 6.07) is 10.3. The van der Waals surface area contributed by atoms with Crippen molar-refractivity contribution >= 4 is 0 Å². The standard InChI is InChI=1S/C20H27NO/c1-3-5-20(22-14-4-2)19-12-10-18(11-13-19)17-8-6-16(15-21)7-9-17/h4,6-9,14,18-20H,3,5,10-13H2,1-2H3/b14-4+. The van der Waals surface area contributed by atoms with Crippen molar-refractivity contribution in [1.29, 1.82) is 5.26 Å². The van der Waals surface area contributed by atoms with Crippen molar-refractivity contribution in [3.05, 3.63) is 47.7 Å². The Hall–Kier alpha value is -1.75. The molecule has 1 aliphatic rings. The molecule has 0 radical (unpaired) electrons. The van der Waals surface area contributed by atoms with Crippen LogP contribution >= 0.6 is 0 Å². The van der Waals surface area contributed by atoms with Gasteiger partial charge in [0.15, 0.2) is 0 Å². The van der Waals surface area contributed by atoms with E-state index in [1.807, 2.05) is 31.4 Å². The minimum absolute atomic E-state index is 0.378. The van der Waals surface area contributed by atoms with Crippen LogP contribution in [0, 0.1) is 17.2 Å². The van der Waals surface area contributed by atoms with Crippen molar-refractivity contribution in [2.45, 2.75) is 64.4 Å². The molecule has 0 amide bonds. The van der Waals surface area contributed by atoms with Crippen LogP contribution in [0.4, 0.5) is 0 Å². The fraction of sp³-hybridized carbons (Fsp3) is 0.550. The molecule has 0 spiro atoms. The summed E-state index contributed by atoms with van der Waals surface area (Å²) in [7, 11) is 0. The van der Waals surface area contributed by atoms with E-state index in [0.29, 0.717) is 17.9 Å². The largest absolute Gasteiger partial charge is 0.498 e. The molecule has 2 nitrogen and oxygen atoms in total. The zero-order chi connectivity index (χ0) is 15.8. The van der Waals surface area contributed by atoms with Gasteiger partial charge in [0.2, 0.25) is 0 Å². The molecule has 1 saturated carbocycles. The molecule has 0 aliphatic heterocycles. The summed E-state index contributed by atoms with van der Waals surface area (Å²) in [6.45, 7) is 4.24. The highest BCUT2D eigenvalue weighted by Crippen LogP contribution is 2.38. The molecule has 0 aromatic heterocycles. The van der Waals surface area contributed by atoms with Gasteiger partial charge in [0.05, 0.1) is 17.9 Å². The van der Waals surface area contributed by atoms with Crippen LogP contribution in [0.15, 0.2) is 36.6 Å². The van der Waals surface area contributed by atoms with E-state index in [-0.39, 0.29) is 0 Å². The summed E-state index contributed by atoms with van der Waals surface area (Å²) in [5, 5.41) is 8.89. The third-order valence-electron chi connectivity index (χ3n) is 4.77. The lowest BCUT2D eigenvalue weighted by Gasteiger charge is -2.33. The van der Waals surface area contributed by atoms with E-state index in [2.05, 4.69) is 25.1 Å². The fourth-order valence-electron chi connectivity index (χ4n) is 3.53. The number of ether oxygens (including phenoxy) is 1. The summed E-state index contributed by atoms with van der Waals surface area (Å²) in [4.78, 5) is 0. The Morgan fingerprint density at radius 1 is 1.23 bits per heavy atom. The topological polar surface area (TPSA) is 33.0 Å². The highest BCUT2D eigenvalue weighted by Gasteiger charge is 2.28. The lowest BCUT2D eigenvalue weighted by atomic mass is 9.76. The van der Waals surface area contributed by atoms with E-state index in [0.717, 1.165) is 12.0 Å². The van der Waals surface area contributed by atoms with Crippen molar-refractivity contribution < 1.29 is 4.74 Å². The first-order chi connectivity index (χ1) is 10.8. The van der Waals surface area contributed by atoms with E-state index in [4.69, 9.17) is 10.00 Å². The van der Waals surface area contributed by atoms with Gasteiger partial charge in [-0.3, -0.25) is 0 Å². The Labute approximate surface area is 134 Å². The second kappa shape index (κ2) is 8.63. The monoisotopic (exact) mass is 297 g/mol. The molecule has 1 fully saturated rings. The van der Waals surface area contributed by atoms with E-state index in [9.17, 15) is 0 Å². The molecule has 1 aliphatic carbocycles. The molecule has 22 heavy (non-hydrogen) atoms. The summed E-state index contributed by atoms with van der Waals surface area (Å²) >= 11 is 0. The number of nitrogens with zero attached hydrogens (tertiary/aromatic N) is 1. The molecular formula is C20H27NO. The van der Waals surface area contributed by atoms with Crippen LogP contribution in [-0.2, 0) is 4.74 Å². The highest BCUT2D eigenvalue weighted by molar-refractivity contribution is 5.33. The first kappa shape index (κ1) is 16.6. The van der Waals surface area contributed by atoms with Gasteiger partial charge < -0.3 is 4.74 Å². The first-order valence-corrected chi connectivity index (χ1v) is 8.55. The minimum atomic E-state index is 0.378. The van der Waals surface area contributed by atoms with Crippen LogP contribution < -0.4 is 0 Å². The molecule has 0 N–H and O–H groups in total. The zero-order valence-electron chi connectivity index (χ0n) is 13.8. The number of benzene rings is 1. The third kappa shape index (κ3) is 4.37. The van der Waals surface area contributed by atoms with Gasteiger partial charge in [0.25, 0.3) is 0 Å². The van der Waals surface area contributed by atoms with Crippen molar-refractivity contribution in [2.75, 3.05) is 0 Å². The molecule has 1 unspecified atom stereocenters. The summed E-state index contributed by atoms with van der Waals surface area (Å²) < 4.78 is 5.93. The van der Waals surface area contributed by atoms with E-state index in [1.165, 1.54) is 37.7 Å². The van der Waals surface area contributed by atoms with Crippen LogP contribution in [0.1, 0.15) is 69.4 Å². The van der Waals surface area contributed by atoms with Gasteiger partial charge in [0.1, 0.15) is 6.10 Å². The van der Waals surface area contributed by atoms with Gasteiger partial charge >= 0.3 is 0 Å². The Balaban J connectivity index is 1.91. The molecule has 0 bridgehead atoms. The summed E-state index contributed by atoms with van der Waals surface area (Å²) in [5.41, 5.74) is 2.14. The maximum absolute atomic E-state index is 8.89. The lowest BCUT2D eigenvalue weighted by Crippen LogP contribution is -2.26. The van der Waals surface area contributed by atoms with Gasteiger partial charge in [-0.1, -0.05) is 31.6 Å². The van der Waals surface area contributed by atoms with Gasteiger partial charge in [-0.25, -0.2) is 0 Å². The summed E-state index contributed by atoms with van der Waals surface area (Å²) in [6.07, 6.45) is 11.5. The van der Waals surface area contributed by atoms with Gasteiger partial charge in [0, 0.05) is 0 Å². The van der Waals surface area contributed by atoms with Gasteiger partial charge in [-0.15, -0.1) is 0 Å². The second-order valence-electron chi connectivity index (χ2n) is 6.28. The van der Waals surface area contributed by atoms with E-state index < -0.39 is 0 Å². The number of nitriles is 1. The van der Waals surface area contributed by atoms with Crippen molar-refractivity contribution in [1.82, 2.24) is 0 Å². The van der Waals surface area contributed by atoms with Crippen LogP contribution in [0.3, 0.4) is 0 Å². The van der Waals surface area contributed by atoms with Crippen molar-refractivity contribution in [3.63, 3.8) is 0 Å². The lowest BCUT2D eigenvalue weighted by molar-refractivity contribution is 0.0557. The first-order valence-electron chi connectivity index (χ1n) is 8.55.